The molecule has 6 heteroatoms. The highest BCUT2D eigenvalue weighted by Crippen LogP contribution is 2.12. The van der Waals surface area contributed by atoms with Crippen molar-refractivity contribution in [3.8, 4) is 0 Å². The summed E-state index contributed by atoms with van der Waals surface area (Å²) in [6.07, 6.45) is 0. The molecule has 1 aromatic rings. The molecule has 0 aliphatic rings. The first-order valence-corrected chi connectivity index (χ1v) is 7.81. The second-order valence-electron chi connectivity index (χ2n) is 5.69. The quantitative estimate of drug-likeness (QED) is 0.863. The number of sulfonamides is 1. The maximum absolute atomic E-state index is 12.1. The van der Waals surface area contributed by atoms with Crippen LogP contribution >= 0.6 is 0 Å². The Kier molecular flexibility index (Phi) is 4.94. The Morgan fingerprint density at radius 1 is 1.20 bits per heavy atom. The van der Waals surface area contributed by atoms with E-state index in [0.717, 1.165) is 5.56 Å². The van der Waals surface area contributed by atoms with Crippen molar-refractivity contribution in [1.29, 1.82) is 0 Å². The molecule has 1 N–H and O–H groups in total. The summed E-state index contributed by atoms with van der Waals surface area (Å²) in [5.41, 5.74) is 0.310. The molecule has 112 valence electrons. The summed E-state index contributed by atoms with van der Waals surface area (Å²) in [7, 11) is -3.73. The summed E-state index contributed by atoms with van der Waals surface area (Å²) in [6.45, 7) is 8.51. The van der Waals surface area contributed by atoms with Crippen molar-refractivity contribution >= 4 is 16.0 Å². The van der Waals surface area contributed by atoms with Crippen molar-refractivity contribution in [2.24, 2.45) is 0 Å². The van der Waals surface area contributed by atoms with Gasteiger partial charge in [0.05, 0.1) is 4.90 Å². The highest BCUT2D eigenvalue weighted by Gasteiger charge is 2.26. The molecule has 0 saturated heterocycles. The number of carbonyl (C=O) groups is 1. The van der Waals surface area contributed by atoms with Crippen LogP contribution in [0.3, 0.4) is 0 Å². The van der Waals surface area contributed by atoms with Crippen molar-refractivity contribution in [1.82, 2.24) is 4.72 Å². The molecule has 1 rings (SSSR count). The van der Waals surface area contributed by atoms with Crippen LogP contribution < -0.4 is 4.72 Å². The van der Waals surface area contributed by atoms with Crippen molar-refractivity contribution in [3.63, 3.8) is 0 Å². The van der Waals surface area contributed by atoms with E-state index in [2.05, 4.69) is 4.72 Å². The predicted molar refractivity (Wildman–Crippen MR) is 76.8 cm³/mol. The Morgan fingerprint density at radius 3 is 2.15 bits per heavy atom. The van der Waals surface area contributed by atoms with E-state index in [1.807, 2.05) is 6.92 Å². The second-order valence-corrected chi connectivity index (χ2v) is 7.40. The third-order valence-electron chi connectivity index (χ3n) is 2.42. The third-order valence-corrected chi connectivity index (χ3v) is 3.98. The smallest absolute Gasteiger partial charge is 0.324 e. The molecule has 0 bridgehead atoms. The number of rotatable bonds is 4. The summed E-state index contributed by atoms with van der Waals surface area (Å²) in [6, 6.07) is 5.46. The minimum Gasteiger partial charge on any atom is -0.459 e. The maximum Gasteiger partial charge on any atom is 0.324 e. The van der Waals surface area contributed by atoms with Gasteiger partial charge in [0, 0.05) is 0 Å². The molecule has 0 heterocycles. The van der Waals surface area contributed by atoms with Crippen molar-refractivity contribution in [3.05, 3.63) is 29.8 Å². The first-order chi connectivity index (χ1) is 9.01. The van der Waals surface area contributed by atoms with Crippen molar-refractivity contribution in [2.75, 3.05) is 0 Å². The molecule has 20 heavy (non-hydrogen) atoms. The van der Waals surface area contributed by atoms with Gasteiger partial charge in [0.25, 0.3) is 0 Å². The Morgan fingerprint density at radius 2 is 1.70 bits per heavy atom. The molecule has 0 aliphatic carbocycles. The van der Waals surface area contributed by atoms with Crippen molar-refractivity contribution < 1.29 is 17.9 Å². The molecule has 0 unspecified atom stereocenters. The molecule has 0 amide bonds. The minimum atomic E-state index is -3.73. The van der Waals surface area contributed by atoms with Crippen LogP contribution in [0.15, 0.2) is 29.2 Å². The number of nitrogens with one attached hydrogen (secondary N) is 1. The van der Waals surface area contributed by atoms with Gasteiger partial charge in [-0.2, -0.15) is 4.72 Å². The summed E-state index contributed by atoms with van der Waals surface area (Å²) in [5.74, 6) is -0.604. The Labute approximate surface area is 120 Å². The van der Waals surface area contributed by atoms with E-state index in [9.17, 15) is 13.2 Å². The van der Waals surface area contributed by atoms with E-state index < -0.39 is 27.6 Å². The molecule has 5 nitrogen and oxygen atoms in total. The monoisotopic (exact) mass is 299 g/mol. The topological polar surface area (TPSA) is 72.5 Å². The second kappa shape index (κ2) is 5.93. The zero-order chi connectivity index (χ0) is 15.6. The predicted octanol–water partition coefficient (Wildman–Crippen LogP) is 2.00. The first-order valence-electron chi connectivity index (χ1n) is 6.33. The first kappa shape index (κ1) is 16.7. The number of aryl methyl sites for hydroxylation is 1. The fourth-order valence-electron chi connectivity index (χ4n) is 1.46. The van der Waals surface area contributed by atoms with Gasteiger partial charge in [-0.15, -0.1) is 0 Å². The lowest BCUT2D eigenvalue weighted by atomic mass is 10.2. The van der Waals surface area contributed by atoms with Gasteiger partial charge in [-0.1, -0.05) is 17.7 Å². The number of benzene rings is 1. The summed E-state index contributed by atoms with van der Waals surface area (Å²) < 4.78 is 31.7. The Balaban J connectivity index is 2.81. The normalized spacial score (nSPS) is 13.8. The molecule has 0 aliphatic heterocycles. The number of esters is 1. The van der Waals surface area contributed by atoms with Crippen LogP contribution in [0.2, 0.25) is 0 Å². The highest BCUT2D eigenvalue weighted by atomic mass is 32.2. The molecule has 1 aromatic carbocycles. The molecule has 0 spiro atoms. The lowest BCUT2D eigenvalue weighted by Crippen LogP contribution is -2.42. The average Bonchev–Trinajstić information content (AvgIpc) is 2.26. The SMILES string of the molecule is Cc1ccc(S(=O)(=O)N[C@@H](C)C(=O)OC(C)(C)C)cc1. The summed E-state index contributed by atoms with van der Waals surface area (Å²) in [4.78, 5) is 11.9. The van der Waals surface area contributed by atoms with Gasteiger partial charge < -0.3 is 4.74 Å². The Hall–Kier alpha value is -1.40. The lowest BCUT2D eigenvalue weighted by Gasteiger charge is -2.22. The largest absolute Gasteiger partial charge is 0.459 e. The lowest BCUT2D eigenvalue weighted by molar-refractivity contribution is -0.156. The van der Waals surface area contributed by atoms with Crippen LogP contribution in [0.5, 0.6) is 0 Å². The van der Waals surface area contributed by atoms with E-state index in [4.69, 9.17) is 4.74 Å². The third kappa shape index (κ3) is 4.94. The zero-order valence-corrected chi connectivity index (χ0v) is 13.2. The van der Waals surface area contributed by atoms with Gasteiger partial charge in [-0.05, 0) is 46.8 Å². The molecule has 0 aromatic heterocycles. The maximum atomic E-state index is 12.1. The van der Waals surface area contributed by atoms with Crippen LogP contribution in [0.4, 0.5) is 0 Å². The number of ether oxygens (including phenoxy) is 1. The minimum absolute atomic E-state index is 0.124. The van der Waals surface area contributed by atoms with E-state index >= 15 is 0 Å². The van der Waals surface area contributed by atoms with Crippen LogP contribution in [-0.2, 0) is 19.6 Å². The van der Waals surface area contributed by atoms with Crippen LogP contribution in [0.25, 0.3) is 0 Å². The van der Waals surface area contributed by atoms with Crippen LogP contribution in [-0.4, -0.2) is 26.0 Å². The summed E-state index contributed by atoms with van der Waals surface area (Å²) >= 11 is 0. The van der Waals surface area contributed by atoms with E-state index in [0.29, 0.717) is 0 Å². The van der Waals surface area contributed by atoms with Gasteiger partial charge in [-0.3, -0.25) is 4.79 Å². The van der Waals surface area contributed by atoms with Gasteiger partial charge in [0.15, 0.2) is 0 Å². The molecular weight excluding hydrogens is 278 g/mol. The summed E-state index contributed by atoms with van der Waals surface area (Å²) in [5, 5.41) is 0. The highest BCUT2D eigenvalue weighted by molar-refractivity contribution is 7.89. The van der Waals surface area contributed by atoms with E-state index in [1.165, 1.54) is 19.1 Å². The molecule has 0 fully saturated rings. The number of hydrogen-bond acceptors (Lipinski definition) is 4. The zero-order valence-electron chi connectivity index (χ0n) is 12.4. The van der Waals surface area contributed by atoms with E-state index in [-0.39, 0.29) is 4.90 Å². The van der Waals surface area contributed by atoms with Gasteiger partial charge in [0.2, 0.25) is 10.0 Å². The Bertz CT molecular complexity index is 570. The van der Waals surface area contributed by atoms with Gasteiger partial charge >= 0.3 is 5.97 Å². The van der Waals surface area contributed by atoms with Crippen molar-refractivity contribution in [2.45, 2.75) is 51.2 Å². The average molecular weight is 299 g/mol. The fourth-order valence-corrected chi connectivity index (χ4v) is 2.65. The number of hydrogen-bond donors (Lipinski definition) is 1. The fraction of sp³-hybridized carbons (Fsp3) is 0.500. The molecular formula is C14H21NO4S. The number of carbonyl (C=O) groups excluding carboxylic acids is 1. The van der Waals surface area contributed by atoms with E-state index in [1.54, 1.807) is 32.9 Å². The van der Waals surface area contributed by atoms with Gasteiger partial charge in [-0.25, -0.2) is 8.42 Å². The standard InChI is InChI=1S/C14H21NO4S/c1-10-6-8-12(9-7-10)20(17,18)15-11(2)13(16)19-14(3,4)5/h6-9,11,15H,1-5H3/t11-/m0/s1. The molecule has 0 saturated carbocycles. The van der Waals surface area contributed by atoms with Crippen LogP contribution in [0.1, 0.15) is 33.3 Å². The van der Waals surface area contributed by atoms with Gasteiger partial charge in [0.1, 0.15) is 11.6 Å². The molecule has 0 radical (unpaired) electrons. The molecule has 1 atom stereocenters. The van der Waals surface area contributed by atoms with Crippen LogP contribution in [0, 0.1) is 6.92 Å².